The number of aliphatic carboxylic acids is 1. The van der Waals surface area contributed by atoms with Crippen molar-refractivity contribution < 1.29 is 24.2 Å². The second-order valence-corrected chi connectivity index (χ2v) is 3.40. The number of nitrogens with one attached hydrogen (secondary N) is 1. The molecule has 1 atom stereocenters. The molecule has 0 aliphatic heterocycles. The molecule has 1 aromatic rings. The van der Waals surface area contributed by atoms with E-state index >= 15 is 0 Å². The highest BCUT2D eigenvalue weighted by Crippen LogP contribution is 2.15. The van der Waals surface area contributed by atoms with Crippen LogP contribution < -0.4 is 11.1 Å². The van der Waals surface area contributed by atoms with Crippen molar-refractivity contribution in [2.45, 2.75) is 6.04 Å². The van der Waals surface area contributed by atoms with Crippen LogP contribution in [0.2, 0.25) is 0 Å². The number of urea groups is 1. The fraction of sp³-hybridized carbons (Fsp3) is 0.182. The molecule has 0 aliphatic carbocycles. The van der Waals surface area contributed by atoms with Gasteiger partial charge in [-0.05, 0) is 17.7 Å². The Morgan fingerprint density at radius 1 is 1.39 bits per heavy atom. The van der Waals surface area contributed by atoms with E-state index in [1.807, 2.05) is 0 Å². The zero-order valence-corrected chi connectivity index (χ0v) is 9.54. The topological polar surface area (TPSA) is 119 Å². The number of carboxylic acids is 1. The van der Waals surface area contributed by atoms with Crippen molar-refractivity contribution in [1.82, 2.24) is 5.32 Å². The fourth-order valence-corrected chi connectivity index (χ4v) is 1.39. The first kappa shape index (κ1) is 13.5. The predicted octanol–water partition coefficient (Wildman–Crippen LogP) is 0.267. The molecule has 7 nitrogen and oxygen atoms in total. The predicted molar refractivity (Wildman–Crippen MR) is 60.9 cm³/mol. The largest absolute Gasteiger partial charge is 0.479 e. The second kappa shape index (κ2) is 5.67. The Hall–Kier alpha value is -2.57. The van der Waals surface area contributed by atoms with Gasteiger partial charge in [0, 0.05) is 0 Å². The average molecular weight is 252 g/mol. The maximum absolute atomic E-state index is 11.3. The molecule has 1 unspecified atom stereocenters. The Kier molecular flexibility index (Phi) is 4.25. The molecule has 0 aromatic heterocycles. The van der Waals surface area contributed by atoms with Gasteiger partial charge >= 0.3 is 18.0 Å². The molecule has 0 aliphatic rings. The minimum Gasteiger partial charge on any atom is -0.479 e. The van der Waals surface area contributed by atoms with E-state index in [1.54, 1.807) is 0 Å². The number of hydrogen-bond acceptors (Lipinski definition) is 4. The molecule has 4 N–H and O–H groups in total. The van der Waals surface area contributed by atoms with Gasteiger partial charge in [-0.2, -0.15) is 0 Å². The molecule has 0 heterocycles. The summed E-state index contributed by atoms with van der Waals surface area (Å²) in [6.45, 7) is 0. The lowest BCUT2D eigenvalue weighted by Gasteiger charge is -2.13. The van der Waals surface area contributed by atoms with Crippen molar-refractivity contribution in [1.29, 1.82) is 0 Å². The zero-order valence-electron chi connectivity index (χ0n) is 9.54. The highest BCUT2D eigenvalue weighted by atomic mass is 16.5. The molecule has 7 heteroatoms. The van der Waals surface area contributed by atoms with Crippen molar-refractivity contribution in [2.75, 3.05) is 7.11 Å². The van der Waals surface area contributed by atoms with Gasteiger partial charge in [0.15, 0.2) is 6.04 Å². The number of methoxy groups -OCH3 is 1. The lowest BCUT2D eigenvalue weighted by molar-refractivity contribution is -0.139. The molecule has 96 valence electrons. The smallest absolute Gasteiger partial charge is 0.337 e. The number of amides is 2. The van der Waals surface area contributed by atoms with E-state index in [0.29, 0.717) is 0 Å². The van der Waals surface area contributed by atoms with E-state index in [-0.39, 0.29) is 11.1 Å². The van der Waals surface area contributed by atoms with Crippen LogP contribution in [-0.4, -0.2) is 30.2 Å². The Morgan fingerprint density at radius 3 is 2.56 bits per heavy atom. The van der Waals surface area contributed by atoms with E-state index < -0.39 is 24.0 Å². The third-order valence-corrected chi connectivity index (χ3v) is 2.17. The van der Waals surface area contributed by atoms with Crippen LogP contribution in [0.25, 0.3) is 0 Å². The van der Waals surface area contributed by atoms with Crippen molar-refractivity contribution in [3.05, 3.63) is 35.4 Å². The van der Waals surface area contributed by atoms with Gasteiger partial charge in [0.1, 0.15) is 0 Å². The summed E-state index contributed by atoms with van der Waals surface area (Å²) in [7, 11) is 1.21. The number of nitrogens with two attached hydrogens (primary N) is 1. The van der Waals surface area contributed by atoms with Gasteiger partial charge in [0.2, 0.25) is 0 Å². The first-order chi connectivity index (χ1) is 8.45. The summed E-state index contributed by atoms with van der Waals surface area (Å²) in [6.07, 6.45) is 0. The number of rotatable bonds is 4. The van der Waals surface area contributed by atoms with Gasteiger partial charge in [-0.1, -0.05) is 12.1 Å². The van der Waals surface area contributed by atoms with Gasteiger partial charge in [0.25, 0.3) is 0 Å². The molecular formula is C11H12N2O5. The van der Waals surface area contributed by atoms with E-state index in [0.717, 1.165) is 0 Å². The number of ether oxygens (including phenoxy) is 1. The van der Waals surface area contributed by atoms with E-state index in [9.17, 15) is 14.4 Å². The summed E-state index contributed by atoms with van der Waals surface area (Å²) in [6, 6.07) is 3.46. The maximum atomic E-state index is 11.3. The lowest BCUT2D eigenvalue weighted by Crippen LogP contribution is -2.37. The number of carbonyl (C=O) groups excluding carboxylic acids is 2. The van der Waals surface area contributed by atoms with Crippen molar-refractivity contribution in [3.8, 4) is 0 Å². The number of esters is 1. The van der Waals surface area contributed by atoms with Crippen LogP contribution in [0.4, 0.5) is 4.79 Å². The Bertz CT molecular complexity index is 486. The Morgan fingerprint density at radius 2 is 2.06 bits per heavy atom. The van der Waals surface area contributed by atoms with Crippen LogP contribution in [-0.2, 0) is 9.53 Å². The summed E-state index contributed by atoms with van der Waals surface area (Å²) in [5.41, 5.74) is 5.30. The summed E-state index contributed by atoms with van der Waals surface area (Å²) >= 11 is 0. The highest BCUT2D eigenvalue weighted by molar-refractivity contribution is 5.90. The van der Waals surface area contributed by atoms with Gasteiger partial charge in [-0.25, -0.2) is 14.4 Å². The SMILES string of the molecule is COC(=O)c1cccc(C(NC(N)=O)C(=O)O)c1. The number of carbonyl (C=O) groups is 3. The quantitative estimate of drug-likeness (QED) is 0.664. The van der Waals surface area contributed by atoms with E-state index in [4.69, 9.17) is 10.8 Å². The van der Waals surface area contributed by atoms with Crippen LogP contribution in [0.1, 0.15) is 22.0 Å². The van der Waals surface area contributed by atoms with Gasteiger partial charge in [-0.15, -0.1) is 0 Å². The van der Waals surface area contributed by atoms with Crippen LogP contribution >= 0.6 is 0 Å². The minimum atomic E-state index is -1.31. The van der Waals surface area contributed by atoms with Crippen LogP contribution in [0.3, 0.4) is 0 Å². The van der Waals surface area contributed by atoms with Gasteiger partial charge in [0.05, 0.1) is 12.7 Å². The molecule has 0 saturated heterocycles. The highest BCUT2D eigenvalue weighted by Gasteiger charge is 2.22. The van der Waals surface area contributed by atoms with Crippen molar-refractivity contribution in [3.63, 3.8) is 0 Å². The van der Waals surface area contributed by atoms with Crippen LogP contribution in [0, 0.1) is 0 Å². The monoisotopic (exact) mass is 252 g/mol. The minimum absolute atomic E-state index is 0.188. The molecular weight excluding hydrogens is 240 g/mol. The first-order valence-corrected chi connectivity index (χ1v) is 4.92. The molecule has 0 bridgehead atoms. The summed E-state index contributed by atoms with van der Waals surface area (Å²) in [5.74, 6) is -1.88. The molecule has 0 saturated carbocycles. The molecule has 1 aromatic carbocycles. The molecule has 2 amide bonds. The molecule has 0 radical (unpaired) electrons. The molecule has 18 heavy (non-hydrogen) atoms. The Balaban J connectivity index is 3.09. The summed E-state index contributed by atoms with van der Waals surface area (Å²) in [5, 5.41) is 11.0. The lowest BCUT2D eigenvalue weighted by atomic mass is 10.0. The van der Waals surface area contributed by atoms with Crippen LogP contribution in [0.15, 0.2) is 24.3 Å². The average Bonchev–Trinajstić information content (AvgIpc) is 2.34. The molecule has 0 fully saturated rings. The van der Waals surface area contributed by atoms with Crippen molar-refractivity contribution in [2.24, 2.45) is 5.73 Å². The normalized spacial score (nSPS) is 11.4. The number of primary amides is 1. The summed E-state index contributed by atoms with van der Waals surface area (Å²) < 4.78 is 4.51. The van der Waals surface area contributed by atoms with Gasteiger partial charge in [-0.3, -0.25) is 0 Å². The third kappa shape index (κ3) is 3.21. The maximum Gasteiger partial charge on any atom is 0.337 e. The zero-order chi connectivity index (χ0) is 13.7. The van der Waals surface area contributed by atoms with E-state index in [1.165, 1.54) is 31.4 Å². The first-order valence-electron chi connectivity index (χ1n) is 4.92. The number of carboxylic acid groups (broad SMARTS) is 1. The third-order valence-electron chi connectivity index (χ3n) is 2.17. The number of benzene rings is 1. The van der Waals surface area contributed by atoms with Crippen LogP contribution in [0.5, 0.6) is 0 Å². The van der Waals surface area contributed by atoms with Gasteiger partial charge < -0.3 is 20.9 Å². The standard InChI is InChI=1S/C11H12N2O5/c1-18-10(16)7-4-2-3-6(5-7)8(9(14)15)13-11(12)17/h2-5,8H,1H3,(H,14,15)(H3,12,13,17). The fourth-order valence-electron chi connectivity index (χ4n) is 1.39. The molecule has 0 spiro atoms. The van der Waals surface area contributed by atoms with Crippen molar-refractivity contribution >= 4 is 18.0 Å². The second-order valence-electron chi connectivity index (χ2n) is 3.40. The molecule has 1 rings (SSSR count). The Labute approximate surface area is 103 Å². The summed E-state index contributed by atoms with van der Waals surface area (Å²) in [4.78, 5) is 33.0. The van der Waals surface area contributed by atoms with E-state index in [2.05, 4.69) is 10.1 Å². The number of hydrogen-bond donors (Lipinski definition) is 3.